The second kappa shape index (κ2) is 5.66. The van der Waals surface area contributed by atoms with Crippen LogP contribution in [-0.2, 0) is 10.8 Å². The van der Waals surface area contributed by atoms with Gasteiger partial charge in [0, 0.05) is 34.1 Å². The van der Waals surface area contributed by atoms with Gasteiger partial charge in [0.1, 0.15) is 0 Å². The highest BCUT2D eigenvalue weighted by atomic mass is 14.7. The first-order valence-corrected chi connectivity index (χ1v) is 10.8. The van der Waals surface area contributed by atoms with Crippen LogP contribution in [0.3, 0.4) is 0 Å². The molecule has 0 aliphatic heterocycles. The Morgan fingerprint density at radius 2 is 1.66 bits per heavy atom. The third-order valence-electron chi connectivity index (χ3n) is 7.22. The molecule has 0 N–H and O–H groups in total. The fourth-order valence-corrected chi connectivity index (χ4v) is 5.71. The number of rotatable bonds is 0. The number of hydrogen-bond donors (Lipinski definition) is 0. The van der Waals surface area contributed by atoms with Crippen LogP contribution in [0.15, 0.2) is 54.9 Å². The van der Waals surface area contributed by atoms with E-state index >= 15 is 0 Å². The van der Waals surface area contributed by atoms with Crippen LogP contribution in [0.2, 0.25) is 0 Å². The Hall–Kier alpha value is -2.74. The Kier molecular flexibility index (Phi) is 3.35. The lowest BCUT2D eigenvalue weighted by Crippen LogP contribution is -2.29. The number of aromatic nitrogens is 2. The maximum atomic E-state index is 4.91. The van der Waals surface area contributed by atoms with Gasteiger partial charge in [-0.25, -0.2) is 0 Å². The van der Waals surface area contributed by atoms with Crippen molar-refractivity contribution in [1.82, 2.24) is 9.97 Å². The Bertz CT molecular complexity index is 1290. The molecule has 4 aromatic rings. The summed E-state index contributed by atoms with van der Waals surface area (Å²) in [6.07, 6.45) is 8.90. The molecule has 0 atom stereocenters. The van der Waals surface area contributed by atoms with Crippen LogP contribution in [0, 0.1) is 0 Å². The Morgan fingerprint density at radius 1 is 0.828 bits per heavy atom. The molecule has 2 heteroatoms. The van der Waals surface area contributed by atoms with Gasteiger partial charge >= 0.3 is 0 Å². The maximum Gasteiger partial charge on any atom is 0.0786 e. The highest BCUT2D eigenvalue weighted by molar-refractivity contribution is 6.04. The number of benzene rings is 2. The van der Waals surface area contributed by atoms with Crippen LogP contribution in [-0.4, -0.2) is 9.97 Å². The van der Waals surface area contributed by atoms with E-state index in [0.717, 1.165) is 11.2 Å². The lowest BCUT2D eigenvalue weighted by Gasteiger charge is -2.39. The van der Waals surface area contributed by atoms with E-state index < -0.39 is 0 Å². The van der Waals surface area contributed by atoms with E-state index in [1.165, 1.54) is 64.1 Å². The normalized spacial score (nSPS) is 17.2. The van der Waals surface area contributed by atoms with Crippen molar-refractivity contribution < 1.29 is 0 Å². The van der Waals surface area contributed by atoms with Crippen LogP contribution < -0.4 is 0 Å². The fraction of sp³-hybridized carbons (Fsp3) is 0.333. The first kappa shape index (κ1) is 17.1. The average molecular weight is 379 g/mol. The van der Waals surface area contributed by atoms with Gasteiger partial charge in [-0.2, -0.15) is 0 Å². The van der Waals surface area contributed by atoms with Gasteiger partial charge in [0.25, 0.3) is 0 Å². The molecule has 1 saturated carbocycles. The topological polar surface area (TPSA) is 25.8 Å². The van der Waals surface area contributed by atoms with Gasteiger partial charge in [-0.1, -0.05) is 51.8 Å². The third-order valence-corrected chi connectivity index (χ3v) is 7.22. The van der Waals surface area contributed by atoms with Crippen molar-refractivity contribution in [1.29, 1.82) is 0 Å². The van der Waals surface area contributed by atoms with Crippen molar-refractivity contribution in [2.45, 2.75) is 57.3 Å². The summed E-state index contributed by atoms with van der Waals surface area (Å²) in [6.45, 7) is 6.95. The molecule has 2 aliphatic rings. The van der Waals surface area contributed by atoms with Gasteiger partial charge in [-0.05, 0) is 64.6 Å². The molecule has 2 aliphatic carbocycles. The standard InChI is InChI=1S/C27H26N2/c1-26(2,3)19-13-18-8-12-29-25-20-14-17-7-6-11-28-23(17)16-21(20)27(9-4-5-10-27)22(15-19)24(18)25/h6-8,11-16H,4-5,9-10H2,1-3H3. The summed E-state index contributed by atoms with van der Waals surface area (Å²) in [5, 5.41) is 3.91. The summed E-state index contributed by atoms with van der Waals surface area (Å²) < 4.78 is 0. The van der Waals surface area contributed by atoms with Gasteiger partial charge in [-0.3, -0.25) is 9.97 Å². The van der Waals surface area contributed by atoms with Crippen molar-refractivity contribution in [3.63, 3.8) is 0 Å². The number of nitrogens with zero attached hydrogens (tertiary/aromatic N) is 2. The molecule has 0 saturated heterocycles. The monoisotopic (exact) mass is 378 g/mol. The maximum absolute atomic E-state index is 4.91. The van der Waals surface area contributed by atoms with Crippen molar-refractivity contribution in [3.05, 3.63) is 71.5 Å². The molecule has 0 unspecified atom stereocenters. The van der Waals surface area contributed by atoms with Crippen LogP contribution in [0.5, 0.6) is 0 Å². The molecule has 0 radical (unpaired) electrons. The van der Waals surface area contributed by atoms with Gasteiger partial charge in [-0.15, -0.1) is 0 Å². The van der Waals surface area contributed by atoms with E-state index in [2.05, 4.69) is 62.2 Å². The molecule has 29 heavy (non-hydrogen) atoms. The highest BCUT2D eigenvalue weighted by Crippen LogP contribution is 2.56. The van der Waals surface area contributed by atoms with Gasteiger partial charge in [0.05, 0.1) is 11.2 Å². The van der Waals surface area contributed by atoms with Crippen molar-refractivity contribution in [3.8, 4) is 11.3 Å². The van der Waals surface area contributed by atoms with Crippen LogP contribution in [0.1, 0.15) is 63.1 Å². The highest BCUT2D eigenvalue weighted by Gasteiger charge is 2.44. The summed E-state index contributed by atoms with van der Waals surface area (Å²) in [6, 6.07) is 16.0. The van der Waals surface area contributed by atoms with E-state index in [9.17, 15) is 0 Å². The molecule has 0 bridgehead atoms. The summed E-state index contributed by atoms with van der Waals surface area (Å²) in [4.78, 5) is 9.60. The SMILES string of the molecule is CC(C)(C)c1cc2c3c(nccc3c1)-c1cc3cccnc3cc1C21CCCC1. The molecular formula is C27H26N2. The summed E-state index contributed by atoms with van der Waals surface area (Å²) in [7, 11) is 0. The van der Waals surface area contributed by atoms with Gasteiger partial charge in [0.15, 0.2) is 0 Å². The second-order valence-corrected chi connectivity index (χ2v) is 9.91. The third kappa shape index (κ3) is 2.29. The number of fused-ring (bicyclic) bond motifs is 5. The van der Waals surface area contributed by atoms with Crippen LogP contribution in [0.25, 0.3) is 32.9 Å². The molecular weight excluding hydrogens is 352 g/mol. The first-order valence-electron chi connectivity index (χ1n) is 10.8. The summed E-state index contributed by atoms with van der Waals surface area (Å²) >= 11 is 0. The van der Waals surface area contributed by atoms with E-state index in [4.69, 9.17) is 4.98 Å². The predicted molar refractivity (Wildman–Crippen MR) is 120 cm³/mol. The Morgan fingerprint density at radius 3 is 2.45 bits per heavy atom. The molecule has 6 rings (SSSR count). The van der Waals surface area contributed by atoms with E-state index in [0.29, 0.717) is 0 Å². The number of hydrogen-bond acceptors (Lipinski definition) is 2. The zero-order valence-electron chi connectivity index (χ0n) is 17.4. The zero-order valence-corrected chi connectivity index (χ0v) is 17.4. The first-order chi connectivity index (χ1) is 14.0. The van der Waals surface area contributed by atoms with Gasteiger partial charge in [0.2, 0.25) is 0 Å². The zero-order chi connectivity index (χ0) is 19.8. The minimum Gasteiger partial charge on any atom is -0.256 e. The van der Waals surface area contributed by atoms with Crippen molar-refractivity contribution in [2.75, 3.05) is 0 Å². The largest absolute Gasteiger partial charge is 0.256 e. The minimum absolute atomic E-state index is 0.0938. The smallest absolute Gasteiger partial charge is 0.0786 e. The molecule has 144 valence electrons. The molecule has 2 nitrogen and oxygen atoms in total. The number of pyridine rings is 2. The Balaban J connectivity index is 1.80. The Labute approximate surface area is 172 Å². The molecule has 1 fully saturated rings. The van der Waals surface area contributed by atoms with E-state index in [-0.39, 0.29) is 10.8 Å². The summed E-state index contributed by atoms with van der Waals surface area (Å²) in [5.41, 5.74) is 8.15. The lowest BCUT2D eigenvalue weighted by atomic mass is 9.65. The van der Waals surface area contributed by atoms with Crippen LogP contribution >= 0.6 is 0 Å². The quantitative estimate of drug-likeness (QED) is 0.332. The lowest BCUT2D eigenvalue weighted by molar-refractivity contribution is 0.532. The van der Waals surface area contributed by atoms with Gasteiger partial charge < -0.3 is 0 Å². The molecule has 2 aromatic heterocycles. The predicted octanol–water partition coefficient (Wildman–Crippen LogP) is 6.92. The van der Waals surface area contributed by atoms with Crippen molar-refractivity contribution >= 4 is 21.7 Å². The van der Waals surface area contributed by atoms with Crippen molar-refractivity contribution in [2.24, 2.45) is 0 Å². The average Bonchev–Trinajstić information content (AvgIpc) is 3.20. The van der Waals surface area contributed by atoms with E-state index in [1.807, 2.05) is 18.5 Å². The van der Waals surface area contributed by atoms with Crippen LogP contribution in [0.4, 0.5) is 0 Å². The second-order valence-electron chi connectivity index (χ2n) is 9.91. The molecule has 2 heterocycles. The minimum atomic E-state index is 0.0938. The van der Waals surface area contributed by atoms with E-state index in [1.54, 1.807) is 0 Å². The molecule has 1 spiro atoms. The molecule has 0 amide bonds. The fourth-order valence-electron chi connectivity index (χ4n) is 5.71. The molecule has 2 aromatic carbocycles. The summed E-state index contributed by atoms with van der Waals surface area (Å²) in [5.74, 6) is 0.